The fraction of sp³-hybridized carbons (Fsp3) is 0.130. The van der Waals surface area contributed by atoms with Crippen molar-refractivity contribution in [3.8, 4) is 11.8 Å². The Morgan fingerprint density at radius 2 is 1.87 bits per heavy atom. The highest BCUT2D eigenvalue weighted by Gasteiger charge is 2.30. The summed E-state index contributed by atoms with van der Waals surface area (Å²) in [6.45, 7) is 3.94. The molecular weight excluding hydrogens is 391 g/mol. The summed E-state index contributed by atoms with van der Waals surface area (Å²) in [5.74, 6) is -0.787. The van der Waals surface area contributed by atoms with Gasteiger partial charge in [0.2, 0.25) is 0 Å². The number of aryl methyl sites for hydroxylation is 2. The van der Waals surface area contributed by atoms with Gasteiger partial charge < -0.3 is 9.88 Å². The van der Waals surface area contributed by atoms with Crippen LogP contribution in [0, 0.1) is 25.2 Å². The minimum Gasteiger partial charge on any atom is -0.321 e. The minimum absolute atomic E-state index is 0.0410. The Bertz CT molecular complexity index is 1170. The van der Waals surface area contributed by atoms with Crippen molar-refractivity contribution < 1.29 is 18.0 Å². The third kappa shape index (κ3) is 4.61. The highest BCUT2D eigenvalue weighted by molar-refractivity contribution is 6.09. The topological polar surface area (TPSA) is 57.8 Å². The fourth-order valence-electron chi connectivity index (χ4n) is 3.07. The van der Waals surface area contributed by atoms with Crippen molar-refractivity contribution in [1.82, 2.24) is 4.57 Å². The number of alkyl halides is 3. The first-order valence-electron chi connectivity index (χ1n) is 9.04. The van der Waals surface area contributed by atoms with Gasteiger partial charge in [-0.2, -0.15) is 18.4 Å². The normalized spacial score (nSPS) is 11.8. The summed E-state index contributed by atoms with van der Waals surface area (Å²) in [5.41, 5.74) is 2.47. The summed E-state index contributed by atoms with van der Waals surface area (Å²) in [6, 6.07) is 15.5. The number of benzene rings is 2. The molecular formula is C23H18F3N3O. The number of nitrogens with one attached hydrogen (secondary N) is 1. The Morgan fingerprint density at radius 3 is 2.53 bits per heavy atom. The molecule has 152 valence electrons. The average molecular weight is 409 g/mol. The van der Waals surface area contributed by atoms with E-state index in [1.54, 1.807) is 12.1 Å². The summed E-state index contributed by atoms with van der Waals surface area (Å²) in [5, 5.41) is 11.8. The van der Waals surface area contributed by atoms with Crippen LogP contribution in [0.15, 0.2) is 66.4 Å². The Hall–Kier alpha value is -3.79. The molecule has 3 aromatic rings. The first-order chi connectivity index (χ1) is 14.2. The molecule has 0 unspecified atom stereocenters. The zero-order valence-corrected chi connectivity index (χ0v) is 16.3. The van der Waals surface area contributed by atoms with Gasteiger partial charge in [-0.3, -0.25) is 4.79 Å². The molecule has 1 aromatic heterocycles. The van der Waals surface area contributed by atoms with Crippen LogP contribution >= 0.6 is 0 Å². The van der Waals surface area contributed by atoms with Crippen LogP contribution in [0.3, 0.4) is 0 Å². The van der Waals surface area contributed by atoms with Crippen LogP contribution < -0.4 is 5.32 Å². The monoisotopic (exact) mass is 409 g/mol. The lowest BCUT2D eigenvalue weighted by molar-refractivity contribution is -0.137. The van der Waals surface area contributed by atoms with Gasteiger partial charge in [0, 0.05) is 23.3 Å². The number of rotatable bonds is 4. The number of nitriles is 1. The number of hydrogen-bond donors (Lipinski definition) is 1. The van der Waals surface area contributed by atoms with E-state index in [2.05, 4.69) is 5.32 Å². The highest BCUT2D eigenvalue weighted by Crippen LogP contribution is 2.30. The molecule has 0 spiro atoms. The van der Waals surface area contributed by atoms with Gasteiger partial charge in [0.05, 0.1) is 5.56 Å². The first-order valence-corrected chi connectivity index (χ1v) is 9.04. The SMILES string of the molecule is Cc1ccc(-n2cccc2/C=C(/C#N)C(=O)Nc2cccc(C(F)(F)F)c2)c(C)c1. The van der Waals surface area contributed by atoms with Crippen LogP contribution in [0.25, 0.3) is 11.8 Å². The lowest BCUT2D eigenvalue weighted by Gasteiger charge is -2.12. The molecule has 30 heavy (non-hydrogen) atoms. The van der Waals surface area contributed by atoms with Crippen molar-refractivity contribution in [3.63, 3.8) is 0 Å². The molecule has 0 saturated heterocycles. The molecule has 0 bridgehead atoms. The van der Waals surface area contributed by atoms with E-state index >= 15 is 0 Å². The van der Waals surface area contributed by atoms with E-state index in [1.807, 2.05) is 48.9 Å². The molecule has 0 aliphatic rings. The molecule has 0 fully saturated rings. The Balaban J connectivity index is 1.90. The lowest BCUT2D eigenvalue weighted by atomic mass is 10.1. The van der Waals surface area contributed by atoms with E-state index in [9.17, 15) is 23.2 Å². The van der Waals surface area contributed by atoms with Crippen molar-refractivity contribution in [1.29, 1.82) is 5.26 Å². The molecule has 1 amide bonds. The number of nitrogens with zero attached hydrogens (tertiary/aromatic N) is 2. The number of amides is 1. The van der Waals surface area contributed by atoms with Crippen LogP contribution in [0.1, 0.15) is 22.4 Å². The summed E-state index contributed by atoms with van der Waals surface area (Å²) >= 11 is 0. The Labute approximate surface area is 171 Å². The van der Waals surface area contributed by atoms with Crippen LogP contribution in [0.2, 0.25) is 0 Å². The van der Waals surface area contributed by atoms with Crippen LogP contribution in [0.5, 0.6) is 0 Å². The predicted octanol–water partition coefficient (Wildman–Crippen LogP) is 5.66. The second kappa shape index (κ2) is 8.29. The first kappa shape index (κ1) is 20.9. The van der Waals surface area contributed by atoms with Gasteiger partial charge in [0.25, 0.3) is 5.91 Å². The van der Waals surface area contributed by atoms with Gasteiger partial charge in [0.1, 0.15) is 11.6 Å². The minimum atomic E-state index is -4.53. The number of halogens is 3. The quantitative estimate of drug-likeness (QED) is 0.447. The van der Waals surface area contributed by atoms with Crippen molar-refractivity contribution >= 4 is 17.7 Å². The van der Waals surface area contributed by atoms with E-state index in [1.165, 1.54) is 18.2 Å². The van der Waals surface area contributed by atoms with E-state index in [0.29, 0.717) is 5.69 Å². The van der Waals surface area contributed by atoms with Crippen LogP contribution in [-0.4, -0.2) is 10.5 Å². The molecule has 7 heteroatoms. The number of anilines is 1. The van der Waals surface area contributed by atoms with Crippen molar-refractivity contribution in [2.45, 2.75) is 20.0 Å². The summed E-state index contributed by atoms with van der Waals surface area (Å²) < 4.78 is 40.4. The van der Waals surface area contributed by atoms with E-state index < -0.39 is 17.6 Å². The van der Waals surface area contributed by atoms with Gasteiger partial charge in [0.15, 0.2) is 0 Å². The summed E-state index contributed by atoms with van der Waals surface area (Å²) in [6.07, 6.45) is -1.31. The fourth-order valence-corrected chi connectivity index (χ4v) is 3.07. The van der Waals surface area contributed by atoms with Crippen molar-refractivity contribution in [2.24, 2.45) is 0 Å². The zero-order valence-electron chi connectivity index (χ0n) is 16.3. The van der Waals surface area contributed by atoms with E-state index in [0.717, 1.165) is 28.9 Å². The average Bonchev–Trinajstić information content (AvgIpc) is 3.13. The maximum absolute atomic E-state index is 12.9. The molecule has 0 radical (unpaired) electrons. The van der Waals surface area contributed by atoms with Gasteiger partial charge in [-0.1, -0.05) is 23.8 Å². The van der Waals surface area contributed by atoms with Gasteiger partial charge in [-0.15, -0.1) is 0 Å². The zero-order chi connectivity index (χ0) is 21.9. The maximum Gasteiger partial charge on any atom is 0.416 e. The largest absolute Gasteiger partial charge is 0.416 e. The second-order valence-electron chi connectivity index (χ2n) is 6.80. The third-order valence-electron chi connectivity index (χ3n) is 4.50. The highest BCUT2D eigenvalue weighted by atomic mass is 19.4. The molecule has 4 nitrogen and oxygen atoms in total. The predicted molar refractivity (Wildman–Crippen MR) is 109 cm³/mol. The van der Waals surface area contributed by atoms with Gasteiger partial charge >= 0.3 is 6.18 Å². The number of aromatic nitrogens is 1. The number of hydrogen-bond acceptors (Lipinski definition) is 2. The smallest absolute Gasteiger partial charge is 0.321 e. The van der Waals surface area contributed by atoms with Crippen LogP contribution in [-0.2, 0) is 11.0 Å². The lowest BCUT2D eigenvalue weighted by Crippen LogP contribution is -2.14. The molecule has 1 N–H and O–H groups in total. The second-order valence-corrected chi connectivity index (χ2v) is 6.80. The molecule has 0 saturated carbocycles. The van der Waals surface area contributed by atoms with Crippen molar-refractivity contribution in [2.75, 3.05) is 5.32 Å². The molecule has 0 aliphatic heterocycles. The van der Waals surface area contributed by atoms with E-state index in [-0.39, 0.29) is 11.3 Å². The molecule has 1 heterocycles. The van der Waals surface area contributed by atoms with Gasteiger partial charge in [-0.05, 0) is 61.9 Å². The van der Waals surface area contributed by atoms with Gasteiger partial charge in [-0.25, -0.2) is 0 Å². The molecule has 0 aliphatic carbocycles. The van der Waals surface area contributed by atoms with Crippen LogP contribution in [0.4, 0.5) is 18.9 Å². The van der Waals surface area contributed by atoms with E-state index in [4.69, 9.17) is 0 Å². The Morgan fingerprint density at radius 1 is 1.10 bits per heavy atom. The molecule has 2 aromatic carbocycles. The Kier molecular flexibility index (Phi) is 5.79. The third-order valence-corrected chi connectivity index (χ3v) is 4.50. The maximum atomic E-state index is 12.9. The summed E-state index contributed by atoms with van der Waals surface area (Å²) in [7, 11) is 0. The summed E-state index contributed by atoms with van der Waals surface area (Å²) in [4.78, 5) is 12.5. The molecule has 0 atom stereocenters. The number of carbonyl (C=O) groups is 1. The molecule has 3 rings (SSSR count). The number of carbonyl (C=O) groups excluding carboxylic acids is 1. The van der Waals surface area contributed by atoms with Crippen molar-refractivity contribution in [3.05, 3.63) is 88.8 Å². The standard InChI is InChI=1S/C23H18F3N3O/c1-15-8-9-21(16(2)11-15)29-10-4-7-20(29)12-17(14-27)22(30)28-19-6-3-5-18(13-19)23(24,25)26/h3-13H,1-2H3,(H,28,30)/b17-12-.